The summed E-state index contributed by atoms with van der Waals surface area (Å²) < 4.78 is 11.1. The van der Waals surface area contributed by atoms with Gasteiger partial charge in [-0.15, -0.1) is 0 Å². The van der Waals surface area contributed by atoms with Crippen molar-refractivity contribution < 1.29 is 14.3 Å². The van der Waals surface area contributed by atoms with Crippen molar-refractivity contribution in [1.82, 2.24) is 15.6 Å². The number of hydrazone groups is 1. The Bertz CT molecular complexity index is 965. The molecule has 0 spiro atoms. The van der Waals surface area contributed by atoms with Crippen LogP contribution in [0.15, 0.2) is 59.7 Å². The maximum atomic E-state index is 12.2. The van der Waals surface area contributed by atoms with Gasteiger partial charge < -0.3 is 9.47 Å². The number of aromatic nitrogens is 2. The summed E-state index contributed by atoms with van der Waals surface area (Å²) in [7, 11) is 1.58. The van der Waals surface area contributed by atoms with Crippen molar-refractivity contribution in [2.45, 2.75) is 20.0 Å². The fourth-order valence-corrected chi connectivity index (χ4v) is 2.53. The van der Waals surface area contributed by atoms with Crippen molar-refractivity contribution in [1.29, 1.82) is 0 Å². The van der Waals surface area contributed by atoms with Gasteiger partial charge >= 0.3 is 0 Å². The third kappa shape index (κ3) is 4.76. The maximum Gasteiger partial charge on any atom is 0.289 e. The lowest BCUT2D eigenvalue weighted by atomic mass is 10.1. The molecule has 0 unspecified atom stereocenters. The van der Waals surface area contributed by atoms with E-state index < -0.39 is 0 Å². The number of carbonyl (C=O) groups excluding carboxylic acids is 1. The van der Waals surface area contributed by atoms with Gasteiger partial charge in [-0.05, 0) is 43.7 Å². The standard InChI is InChI=1S/C21H22N4O3/c1-14(2)28-19-10-9-16(11-20(19)27-3)17-12-18(24-23-17)21(26)25-22-13-15-7-5-4-6-8-15/h4-14H,1-3H3,(H,23,24)(H,25,26). The van der Waals surface area contributed by atoms with E-state index in [9.17, 15) is 4.79 Å². The van der Waals surface area contributed by atoms with Crippen molar-refractivity contribution in [3.05, 3.63) is 65.9 Å². The number of hydrogen-bond donors (Lipinski definition) is 2. The fourth-order valence-electron chi connectivity index (χ4n) is 2.53. The van der Waals surface area contributed by atoms with Crippen LogP contribution >= 0.6 is 0 Å². The van der Waals surface area contributed by atoms with Gasteiger partial charge in [-0.2, -0.15) is 10.2 Å². The molecule has 7 nitrogen and oxygen atoms in total. The highest BCUT2D eigenvalue weighted by molar-refractivity contribution is 5.94. The second-order valence-corrected chi connectivity index (χ2v) is 6.31. The first-order valence-electron chi connectivity index (χ1n) is 8.85. The van der Waals surface area contributed by atoms with Crippen LogP contribution in [0.2, 0.25) is 0 Å². The minimum absolute atomic E-state index is 0.0388. The number of nitrogens with one attached hydrogen (secondary N) is 2. The predicted molar refractivity (Wildman–Crippen MR) is 108 cm³/mol. The Labute approximate surface area is 163 Å². The van der Waals surface area contributed by atoms with E-state index in [2.05, 4.69) is 20.7 Å². The SMILES string of the molecule is COc1cc(-c2cc(C(=O)NN=Cc3ccccc3)[nH]n2)ccc1OC(C)C. The van der Waals surface area contributed by atoms with Gasteiger partial charge in [0.05, 0.1) is 25.1 Å². The summed E-state index contributed by atoms with van der Waals surface area (Å²) in [6.45, 7) is 3.90. The molecule has 0 aliphatic heterocycles. The van der Waals surface area contributed by atoms with Gasteiger partial charge in [-0.25, -0.2) is 5.43 Å². The Morgan fingerprint density at radius 3 is 2.64 bits per heavy atom. The zero-order valence-electron chi connectivity index (χ0n) is 16.0. The molecule has 1 heterocycles. The molecule has 0 atom stereocenters. The molecule has 2 N–H and O–H groups in total. The van der Waals surface area contributed by atoms with Gasteiger partial charge in [0.2, 0.25) is 0 Å². The highest BCUT2D eigenvalue weighted by Gasteiger charge is 2.13. The molecule has 144 valence electrons. The molecule has 1 amide bonds. The number of methoxy groups -OCH3 is 1. The average Bonchev–Trinajstić information content (AvgIpc) is 3.19. The van der Waals surface area contributed by atoms with E-state index in [-0.39, 0.29) is 12.0 Å². The molecule has 1 aromatic heterocycles. The molecule has 0 radical (unpaired) electrons. The summed E-state index contributed by atoms with van der Waals surface area (Å²) in [4.78, 5) is 12.2. The minimum atomic E-state index is -0.377. The first-order chi connectivity index (χ1) is 13.6. The lowest BCUT2D eigenvalue weighted by Crippen LogP contribution is -2.17. The van der Waals surface area contributed by atoms with Crippen LogP contribution in [0.5, 0.6) is 11.5 Å². The predicted octanol–water partition coefficient (Wildman–Crippen LogP) is 3.64. The van der Waals surface area contributed by atoms with Crippen LogP contribution in [-0.2, 0) is 0 Å². The van der Waals surface area contributed by atoms with Crippen LogP contribution < -0.4 is 14.9 Å². The minimum Gasteiger partial charge on any atom is -0.493 e. The monoisotopic (exact) mass is 378 g/mol. The second kappa shape index (κ2) is 8.85. The Kier molecular flexibility index (Phi) is 6.06. The Morgan fingerprint density at radius 2 is 1.93 bits per heavy atom. The van der Waals surface area contributed by atoms with Gasteiger partial charge in [0.1, 0.15) is 5.69 Å². The van der Waals surface area contributed by atoms with E-state index in [0.717, 1.165) is 11.1 Å². The number of ether oxygens (including phenoxy) is 2. The van der Waals surface area contributed by atoms with Crippen LogP contribution in [0.25, 0.3) is 11.3 Å². The molecule has 0 bridgehead atoms. The zero-order valence-corrected chi connectivity index (χ0v) is 16.0. The summed E-state index contributed by atoms with van der Waals surface area (Å²) in [6.07, 6.45) is 1.62. The van der Waals surface area contributed by atoms with Crippen LogP contribution in [0.1, 0.15) is 29.9 Å². The Morgan fingerprint density at radius 1 is 1.14 bits per heavy atom. The molecular formula is C21H22N4O3. The van der Waals surface area contributed by atoms with Crippen LogP contribution in [0.4, 0.5) is 0 Å². The smallest absolute Gasteiger partial charge is 0.289 e. The van der Waals surface area contributed by atoms with Gasteiger partial charge in [-0.3, -0.25) is 9.89 Å². The quantitative estimate of drug-likeness (QED) is 0.485. The van der Waals surface area contributed by atoms with E-state index in [4.69, 9.17) is 9.47 Å². The van der Waals surface area contributed by atoms with Crippen LogP contribution in [0, 0.1) is 0 Å². The molecular weight excluding hydrogens is 356 g/mol. The fraction of sp³-hybridized carbons (Fsp3) is 0.190. The molecule has 2 aromatic carbocycles. The van der Waals surface area contributed by atoms with E-state index in [1.807, 2.05) is 62.4 Å². The van der Waals surface area contributed by atoms with Crippen molar-refractivity contribution >= 4 is 12.1 Å². The second-order valence-electron chi connectivity index (χ2n) is 6.31. The molecule has 7 heteroatoms. The van der Waals surface area contributed by atoms with Crippen molar-refractivity contribution in [3.63, 3.8) is 0 Å². The summed E-state index contributed by atoms with van der Waals surface area (Å²) in [5, 5.41) is 10.9. The largest absolute Gasteiger partial charge is 0.493 e. The molecule has 0 aliphatic rings. The van der Waals surface area contributed by atoms with E-state index >= 15 is 0 Å². The summed E-state index contributed by atoms with van der Waals surface area (Å²) in [5.74, 6) is 0.885. The molecule has 28 heavy (non-hydrogen) atoms. The molecule has 0 fully saturated rings. The van der Waals surface area contributed by atoms with E-state index in [1.54, 1.807) is 19.4 Å². The van der Waals surface area contributed by atoms with Crippen molar-refractivity contribution in [2.24, 2.45) is 5.10 Å². The highest BCUT2D eigenvalue weighted by atomic mass is 16.5. The summed E-state index contributed by atoms with van der Waals surface area (Å²) >= 11 is 0. The first-order valence-corrected chi connectivity index (χ1v) is 8.85. The number of carbonyl (C=O) groups is 1. The number of nitrogens with zero attached hydrogens (tertiary/aromatic N) is 2. The third-order valence-corrected chi connectivity index (χ3v) is 3.82. The molecule has 0 saturated carbocycles. The Balaban J connectivity index is 1.71. The number of rotatable bonds is 7. The van der Waals surface area contributed by atoms with Gasteiger partial charge in [0.25, 0.3) is 5.91 Å². The van der Waals surface area contributed by atoms with Crippen molar-refractivity contribution in [3.8, 4) is 22.8 Å². The maximum absolute atomic E-state index is 12.2. The lowest BCUT2D eigenvalue weighted by molar-refractivity contribution is 0.0950. The van der Waals surface area contributed by atoms with Gasteiger partial charge in [0.15, 0.2) is 11.5 Å². The molecule has 3 rings (SSSR count). The van der Waals surface area contributed by atoms with Crippen LogP contribution in [-0.4, -0.2) is 35.5 Å². The zero-order chi connectivity index (χ0) is 19.9. The summed E-state index contributed by atoms with van der Waals surface area (Å²) in [6, 6.07) is 16.7. The molecule has 0 saturated heterocycles. The number of hydrogen-bond acceptors (Lipinski definition) is 5. The highest BCUT2D eigenvalue weighted by Crippen LogP contribution is 2.32. The Hall–Kier alpha value is -3.61. The number of aromatic amines is 1. The van der Waals surface area contributed by atoms with E-state index in [0.29, 0.717) is 22.9 Å². The van der Waals surface area contributed by atoms with E-state index in [1.165, 1.54) is 0 Å². The van der Waals surface area contributed by atoms with Gasteiger partial charge in [-0.1, -0.05) is 30.3 Å². The van der Waals surface area contributed by atoms with Crippen molar-refractivity contribution in [2.75, 3.05) is 7.11 Å². The number of amides is 1. The normalized spacial score (nSPS) is 11.0. The van der Waals surface area contributed by atoms with Gasteiger partial charge in [0, 0.05) is 5.56 Å². The number of H-pyrrole nitrogens is 1. The third-order valence-electron chi connectivity index (χ3n) is 3.82. The number of benzene rings is 2. The first kappa shape index (κ1) is 19.2. The molecule has 3 aromatic rings. The van der Waals surface area contributed by atoms with Crippen LogP contribution in [0.3, 0.4) is 0 Å². The summed E-state index contributed by atoms with van der Waals surface area (Å²) in [5.41, 5.74) is 5.10. The average molecular weight is 378 g/mol. The molecule has 0 aliphatic carbocycles. The topological polar surface area (TPSA) is 88.6 Å². The lowest BCUT2D eigenvalue weighted by Gasteiger charge is -2.14.